The van der Waals surface area contributed by atoms with Crippen molar-refractivity contribution in [3.05, 3.63) is 0 Å². The van der Waals surface area contributed by atoms with Gasteiger partial charge in [0, 0.05) is 0 Å². The number of hydrogen-bond acceptors (Lipinski definition) is 0. The molecule has 9 rings (SSSR count). The Morgan fingerprint density at radius 3 is 0.881 bits per heavy atom. The van der Waals surface area contributed by atoms with E-state index in [-0.39, 0.29) is 0 Å². The topological polar surface area (TPSA) is 0 Å². The molecule has 0 amide bonds. The van der Waals surface area contributed by atoms with Gasteiger partial charge in [-0.25, -0.2) is 0 Å². The van der Waals surface area contributed by atoms with Crippen LogP contribution in [-0.4, -0.2) is 0 Å². The number of fused-ring (bicyclic) bond motifs is 6. The Morgan fingerprint density at radius 2 is 0.661 bits per heavy atom. The molecule has 9 aliphatic carbocycles. The Balaban J connectivity index is -0.000000624. The second-order valence-corrected chi connectivity index (χ2v) is 23.7. The third-order valence-electron chi connectivity index (χ3n) is 13.5. The zero-order valence-corrected chi connectivity index (χ0v) is 46.2. The lowest BCUT2D eigenvalue weighted by molar-refractivity contribution is -0.0545. The molecule has 4 unspecified atom stereocenters. The van der Waals surface area contributed by atoms with Crippen molar-refractivity contribution in [3.63, 3.8) is 0 Å². The van der Waals surface area contributed by atoms with Crippen molar-refractivity contribution >= 4 is 0 Å². The minimum atomic E-state index is 0.500. The molecule has 0 aromatic heterocycles. The summed E-state index contributed by atoms with van der Waals surface area (Å²) >= 11 is 0. The maximum absolute atomic E-state index is 2.42. The molecule has 0 N–H and O–H groups in total. The van der Waals surface area contributed by atoms with Gasteiger partial charge in [0.1, 0.15) is 0 Å². The molecule has 9 saturated carbocycles. The lowest BCUT2D eigenvalue weighted by Crippen LogP contribution is -2.45. The van der Waals surface area contributed by atoms with E-state index in [9.17, 15) is 0 Å². The van der Waals surface area contributed by atoms with Crippen molar-refractivity contribution < 1.29 is 0 Å². The van der Waals surface area contributed by atoms with Gasteiger partial charge in [0.15, 0.2) is 0 Å². The predicted molar refractivity (Wildman–Crippen MR) is 278 cm³/mol. The highest BCUT2D eigenvalue weighted by atomic mass is 14.6. The highest BCUT2D eigenvalue weighted by Crippen LogP contribution is 2.61. The molecule has 59 heavy (non-hydrogen) atoms. The lowest BCUT2D eigenvalue weighted by Gasteiger charge is -2.56. The van der Waals surface area contributed by atoms with Gasteiger partial charge in [-0.1, -0.05) is 236 Å². The Hall–Kier alpha value is 0. The van der Waals surface area contributed by atoms with Crippen molar-refractivity contribution in [2.24, 2.45) is 75.4 Å². The minimum absolute atomic E-state index is 0.500. The minimum Gasteiger partial charge on any atom is -0.0683 e. The van der Waals surface area contributed by atoms with Crippen molar-refractivity contribution in [1.29, 1.82) is 0 Å². The van der Waals surface area contributed by atoms with Crippen LogP contribution in [0.2, 0.25) is 0 Å². The van der Waals surface area contributed by atoms with Crippen LogP contribution in [0.3, 0.4) is 0 Å². The SMILES string of the molecule is C1CC2C3CCC(C3)C2C1.C1CCC2CCCCC2C1.CC.CC.CC.CC(C)(C)C.CC(C)(C)C.CCC.CCC.CCC(C)C.CCC12CC3CC(CC(C3)C1)C2. The van der Waals surface area contributed by atoms with Crippen molar-refractivity contribution in [1.82, 2.24) is 0 Å². The predicted octanol–water partition coefficient (Wildman–Crippen LogP) is 21.9. The fourth-order valence-electron chi connectivity index (χ4n) is 11.6. The molecular weight excluding hydrogens is 709 g/mol. The van der Waals surface area contributed by atoms with Crippen LogP contribution in [0.4, 0.5) is 0 Å². The first-order valence-electron chi connectivity index (χ1n) is 27.8. The quantitative estimate of drug-likeness (QED) is 0.260. The van der Waals surface area contributed by atoms with Gasteiger partial charge in [0.25, 0.3) is 0 Å². The van der Waals surface area contributed by atoms with E-state index < -0.39 is 0 Å². The van der Waals surface area contributed by atoms with E-state index in [1.807, 2.05) is 41.5 Å². The summed E-state index contributed by atoms with van der Waals surface area (Å²) in [5.74, 6) is 11.4. The van der Waals surface area contributed by atoms with Crippen LogP contribution in [0, 0.1) is 75.4 Å². The van der Waals surface area contributed by atoms with Crippen LogP contribution in [0.1, 0.15) is 306 Å². The molecule has 9 fully saturated rings. The third kappa shape index (κ3) is 30.7. The fourth-order valence-corrected chi connectivity index (χ4v) is 11.6. The molecule has 6 bridgehead atoms. The second-order valence-electron chi connectivity index (χ2n) is 23.7. The van der Waals surface area contributed by atoms with Crippen LogP contribution >= 0.6 is 0 Å². The first-order chi connectivity index (χ1) is 27.8. The average Bonchev–Trinajstić information content (AvgIpc) is 3.95. The molecular formula is C59H124. The molecule has 0 aromatic carbocycles. The smallest absolute Gasteiger partial charge is 0.0292 e. The summed E-state index contributed by atoms with van der Waals surface area (Å²) in [6.45, 7) is 47.1. The van der Waals surface area contributed by atoms with Gasteiger partial charge >= 0.3 is 0 Å². The molecule has 9 aliphatic rings. The Morgan fingerprint density at radius 1 is 0.407 bits per heavy atom. The fraction of sp³-hybridized carbons (Fsp3) is 1.00. The highest BCUT2D eigenvalue weighted by Gasteiger charge is 2.50. The first-order valence-corrected chi connectivity index (χ1v) is 27.8. The van der Waals surface area contributed by atoms with Crippen LogP contribution in [-0.2, 0) is 0 Å². The van der Waals surface area contributed by atoms with Gasteiger partial charge < -0.3 is 0 Å². The molecule has 360 valence electrons. The van der Waals surface area contributed by atoms with Gasteiger partial charge in [-0.05, 0) is 146 Å². The number of rotatable bonds is 2. The molecule has 0 heteroatoms. The van der Waals surface area contributed by atoms with E-state index >= 15 is 0 Å². The van der Waals surface area contributed by atoms with Crippen LogP contribution in [0.5, 0.6) is 0 Å². The summed E-state index contributed by atoms with van der Waals surface area (Å²) in [4.78, 5) is 0. The number of hydrogen-bond donors (Lipinski definition) is 0. The van der Waals surface area contributed by atoms with Gasteiger partial charge in [-0.3, -0.25) is 0 Å². The van der Waals surface area contributed by atoms with Crippen molar-refractivity contribution in [2.45, 2.75) is 306 Å². The molecule has 0 saturated heterocycles. The Bertz CT molecular complexity index is 760. The van der Waals surface area contributed by atoms with Crippen LogP contribution < -0.4 is 0 Å². The standard InChI is InChI=1S/C12H20.C10H16.C10H18.3C5H12.2C3H8.3C2H6/c1-2-12-6-9-3-10(7-12)5-11(4-9)8-12;1-2-9-7-4-5-8(6-7)10(9)3-1;1-2-6-10-8-4-3-7-9(10)5-1;2*1-5(2,3)4;1-4-5(2)3;2*1-3-2;3*1-2/h9-11H,2-8H2,1H3;7-10H,1-6H2;9-10H,1-8H2;2*1-4H3;5H,4H2,1-3H3;2*3H2,1-2H3;3*1-2H3. The lowest BCUT2D eigenvalue weighted by atomic mass is 9.49. The third-order valence-corrected chi connectivity index (χ3v) is 13.5. The van der Waals surface area contributed by atoms with E-state index in [1.165, 1.54) is 75.0 Å². The van der Waals surface area contributed by atoms with Crippen LogP contribution in [0.25, 0.3) is 0 Å². The molecule has 0 aromatic rings. The van der Waals surface area contributed by atoms with E-state index in [4.69, 9.17) is 0 Å². The molecule has 0 heterocycles. The summed E-state index contributed by atoms with van der Waals surface area (Å²) in [6.07, 6.45) is 36.7. The monoisotopic (exact) mass is 833 g/mol. The summed E-state index contributed by atoms with van der Waals surface area (Å²) in [5, 5.41) is 0. The van der Waals surface area contributed by atoms with Gasteiger partial charge in [0.05, 0.1) is 0 Å². The van der Waals surface area contributed by atoms with Crippen molar-refractivity contribution in [2.75, 3.05) is 0 Å². The van der Waals surface area contributed by atoms with Gasteiger partial charge in [-0.2, -0.15) is 0 Å². The van der Waals surface area contributed by atoms with E-state index in [1.54, 1.807) is 103 Å². The highest BCUT2D eigenvalue weighted by molar-refractivity contribution is 5.01. The zero-order chi connectivity index (χ0) is 46.2. The summed E-state index contributed by atoms with van der Waals surface area (Å²) in [6, 6.07) is 0. The summed E-state index contributed by atoms with van der Waals surface area (Å²) in [5.41, 5.74) is 1.84. The van der Waals surface area contributed by atoms with E-state index in [2.05, 4.69) is 111 Å². The summed E-state index contributed by atoms with van der Waals surface area (Å²) < 4.78 is 0. The average molecular weight is 834 g/mol. The van der Waals surface area contributed by atoms with Gasteiger partial charge in [-0.15, -0.1) is 0 Å². The molecule has 4 atom stereocenters. The molecule has 0 radical (unpaired) electrons. The van der Waals surface area contributed by atoms with Crippen LogP contribution in [0.15, 0.2) is 0 Å². The Labute approximate surface area is 380 Å². The molecule has 0 spiro atoms. The maximum Gasteiger partial charge on any atom is -0.0292 e. The normalized spacial score (nSPS) is 31.9. The second kappa shape index (κ2) is 36.4. The van der Waals surface area contributed by atoms with E-state index in [0.29, 0.717) is 10.8 Å². The largest absolute Gasteiger partial charge is 0.0683 e. The molecule has 0 nitrogen and oxygen atoms in total. The van der Waals surface area contributed by atoms with Gasteiger partial charge in [0.2, 0.25) is 0 Å². The maximum atomic E-state index is 2.42. The summed E-state index contributed by atoms with van der Waals surface area (Å²) in [7, 11) is 0. The zero-order valence-electron chi connectivity index (χ0n) is 46.2. The van der Waals surface area contributed by atoms with Crippen molar-refractivity contribution in [3.8, 4) is 0 Å². The van der Waals surface area contributed by atoms with E-state index in [0.717, 1.165) is 40.9 Å². The first kappa shape index (κ1) is 63.3. The Kier molecular flexibility index (Phi) is 39.0. The molecule has 0 aliphatic heterocycles.